The van der Waals surface area contributed by atoms with Crippen molar-refractivity contribution >= 4 is 0 Å². The summed E-state index contributed by atoms with van der Waals surface area (Å²) in [6.45, 7) is 0. The summed E-state index contributed by atoms with van der Waals surface area (Å²) in [5.74, 6) is -5.80. The van der Waals surface area contributed by atoms with Crippen LogP contribution in [0.1, 0.15) is 29.3 Å². The third-order valence-electron chi connectivity index (χ3n) is 3.99. The monoisotopic (exact) mass is 353 g/mol. The maximum Gasteiger partial charge on any atom is 0.418 e. The average Bonchev–Trinajstić information content (AvgIpc) is 2.83. The fourth-order valence-corrected chi connectivity index (χ4v) is 2.87. The first-order valence-electron chi connectivity index (χ1n) is 6.85. The van der Waals surface area contributed by atoms with E-state index in [1.165, 1.54) is 0 Å². The zero-order valence-electron chi connectivity index (χ0n) is 11.8. The maximum atomic E-state index is 13.9. The first kappa shape index (κ1) is 16.8. The van der Waals surface area contributed by atoms with Crippen molar-refractivity contribution in [1.29, 1.82) is 0 Å². The van der Waals surface area contributed by atoms with Crippen LogP contribution in [0, 0.1) is 11.6 Å². The van der Waals surface area contributed by atoms with Crippen molar-refractivity contribution < 1.29 is 35.8 Å². The molecule has 0 spiro atoms. The Morgan fingerprint density at radius 1 is 1.17 bits per heavy atom. The van der Waals surface area contributed by atoms with Crippen molar-refractivity contribution in [2.75, 3.05) is 0 Å². The molecule has 3 rings (SSSR count). The van der Waals surface area contributed by atoms with Gasteiger partial charge in [-0.1, -0.05) is 0 Å². The van der Waals surface area contributed by atoms with Crippen LogP contribution in [0.15, 0.2) is 24.4 Å². The Balaban J connectivity index is 2.27. The standard InChI is InChI=1S/C15H10F7NO/c16-7-1-2-10(9(17)5-7)23-6-8(15(20,21)22)12-11(23)3-4-14(18,19)13(12)24/h1-2,5-6,13,24H,3-4H2/t13-/m0/s1. The number of halogens is 7. The molecule has 0 aliphatic heterocycles. The predicted molar refractivity (Wildman–Crippen MR) is 68.9 cm³/mol. The van der Waals surface area contributed by atoms with Crippen molar-refractivity contribution in [2.24, 2.45) is 0 Å². The lowest BCUT2D eigenvalue weighted by Crippen LogP contribution is -2.33. The molecule has 0 saturated carbocycles. The molecule has 9 heteroatoms. The van der Waals surface area contributed by atoms with Crippen LogP contribution in [-0.2, 0) is 12.6 Å². The highest BCUT2D eigenvalue weighted by molar-refractivity contribution is 5.47. The van der Waals surface area contributed by atoms with E-state index in [1.54, 1.807) is 0 Å². The van der Waals surface area contributed by atoms with E-state index in [4.69, 9.17) is 0 Å². The van der Waals surface area contributed by atoms with E-state index in [0.717, 1.165) is 16.7 Å². The minimum Gasteiger partial charge on any atom is -0.382 e. The van der Waals surface area contributed by atoms with Gasteiger partial charge in [0.25, 0.3) is 5.92 Å². The number of aromatic nitrogens is 1. The topological polar surface area (TPSA) is 25.2 Å². The Hall–Kier alpha value is -2.03. The smallest absolute Gasteiger partial charge is 0.382 e. The molecule has 1 aliphatic carbocycles. The van der Waals surface area contributed by atoms with Gasteiger partial charge in [-0.25, -0.2) is 17.6 Å². The Morgan fingerprint density at radius 2 is 1.83 bits per heavy atom. The molecule has 0 radical (unpaired) electrons. The second-order valence-corrected chi connectivity index (χ2v) is 5.53. The molecule has 0 unspecified atom stereocenters. The van der Waals surface area contributed by atoms with Crippen LogP contribution in [0.3, 0.4) is 0 Å². The molecule has 0 saturated heterocycles. The maximum absolute atomic E-state index is 13.9. The third kappa shape index (κ3) is 2.56. The minimum absolute atomic E-state index is 0.272. The summed E-state index contributed by atoms with van der Waals surface area (Å²) in [7, 11) is 0. The van der Waals surface area contributed by atoms with E-state index < -0.39 is 59.5 Å². The van der Waals surface area contributed by atoms with Crippen LogP contribution in [0.4, 0.5) is 30.7 Å². The van der Waals surface area contributed by atoms with E-state index in [0.29, 0.717) is 12.3 Å². The minimum atomic E-state index is -5.01. The molecule has 1 heterocycles. The van der Waals surface area contributed by atoms with Crippen molar-refractivity contribution in [1.82, 2.24) is 4.57 Å². The molecular weight excluding hydrogens is 343 g/mol. The van der Waals surface area contributed by atoms with Gasteiger partial charge in [-0.15, -0.1) is 0 Å². The summed E-state index contributed by atoms with van der Waals surface area (Å²) >= 11 is 0. The lowest BCUT2D eigenvalue weighted by Gasteiger charge is -2.29. The highest BCUT2D eigenvalue weighted by Crippen LogP contribution is 2.48. The van der Waals surface area contributed by atoms with Gasteiger partial charge in [-0.2, -0.15) is 13.2 Å². The molecule has 0 bridgehead atoms. The Labute approximate surface area is 131 Å². The number of aliphatic hydroxyl groups is 1. The molecule has 1 N–H and O–H groups in total. The van der Waals surface area contributed by atoms with Crippen LogP contribution in [-0.4, -0.2) is 15.6 Å². The largest absolute Gasteiger partial charge is 0.418 e. The number of rotatable bonds is 1. The molecule has 1 aliphatic rings. The number of aliphatic hydroxyl groups excluding tert-OH is 1. The van der Waals surface area contributed by atoms with Gasteiger partial charge in [0.05, 0.1) is 11.3 Å². The Kier molecular flexibility index (Phi) is 3.67. The summed E-state index contributed by atoms with van der Waals surface area (Å²) in [5.41, 5.74) is -3.12. The highest BCUT2D eigenvalue weighted by atomic mass is 19.4. The van der Waals surface area contributed by atoms with E-state index in [9.17, 15) is 35.8 Å². The molecular formula is C15H10F7NO. The normalized spacial score (nSPS) is 20.1. The molecule has 0 amide bonds. The van der Waals surface area contributed by atoms with Crippen molar-refractivity contribution in [3.8, 4) is 5.69 Å². The van der Waals surface area contributed by atoms with Gasteiger partial charge in [0.1, 0.15) is 17.7 Å². The van der Waals surface area contributed by atoms with Crippen LogP contribution in [0.2, 0.25) is 0 Å². The summed E-state index contributed by atoms with van der Waals surface area (Å²) in [5, 5.41) is 9.69. The fourth-order valence-electron chi connectivity index (χ4n) is 2.87. The Bertz CT molecular complexity index is 794. The molecule has 0 fully saturated rings. The fraction of sp³-hybridized carbons (Fsp3) is 0.333. The van der Waals surface area contributed by atoms with E-state index >= 15 is 0 Å². The lowest BCUT2D eigenvalue weighted by molar-refractivity contribution is -0.147. The molecule has 2 nitrogen and oxygen atoms in total. The zero-order chi connectivity index (χ0) is 17.9. The lowest BCUT2D eigenvalue weighted by atomic mass is 9.89. The second kappa shape index (κ2) is 5.23. The number of hydrogen-bond donors (Lipinski definition) is 1. The van der Waals surface area contributed by atoms with Gasteiger partial charge in [0.15, 0.2) is 0 Å². The van der Waals surface area contributed by atoms with E-state index in [2.05, 4.69) is 0 Å². The number of alkyl halides is 5. The second-order valence-electron chi connectivity index (χ2n) is 5.53. The number of nitrogens with zero attached hydrogens (tertiary/aromatic N) is 1. The van der Waals surface area contributed by atoms with Gasteiger partial charge in [0, 0.05) is 29.9 Å². The molecule has 1 aromatic heterocycles. The predicted octanol–water partition coefficient (Wildman–Crippen LogP) is 4.39. The van der Waals surface area contributed by atoms with Crippen molar-refractivity contribution in [3.05, 3.63) is 52.9 Å². The van der Waals surface area contributed by atoms with E-state index in [-0.39, 0.29) is 5.69 Å². The molecule has 1 aromatic carbocycles. The molecule has 24 heavy (non-hydrogen) atoms. The van der Waals surface area contributed by atoms with Crippen LogP contribution in [0.25, 0.3) is 5.69 Å². The van der Waals surface area contributed by atoms with Crippen LogP contribution in [0.5, 0.6) is 0 Å². The van der Waals surface area contributed by atoms with Gasteiger partial charge in [0.2, 0.25) is 0 Å². The Morgan fingerprint density at radius 3 is 2.42 bits per heavy atom. The van der Waals surface area contributed by atoms with E-state index in [1.807, 2.05) is 0 Å². The highest BCUT2D eigenvalue weighted by Gasteiger charge is 2.50. The van der Waals surface area contributed by atoms with Crippen LogP contribution >= 0.6 is 0 Å². The van der Waals surface area contributed by atoms with Gasteiger partial charge < -0.3 is 9.67 Å². The quantitative estimate of drug-likeness (QED) is 0.756. The van der Waals surface area contributed by atoms with Gasteiger partial charge >= 0.3 is 6.18 Å². The van der Waals surface area contributed by atoms with Crippen molar-refractivity contribution in [3.63, 3.8) is 0 Å². The molecule has 1 atom stereocenters. The average molecular weight is 353 g/mol. The summed E-state index contributed by atoms with van der Waals surface area (Å²) < 4.78 is 94.4. The summed E-state index contributed by atoms with van der Waals surface area (Å²) in [4.78, 5) is 0. The molecule has 2 aromatic rings. The van der Waals surface area contributed by atoms with Crippen molar-refractivity contribution in [2.45, 2.75) is 31.0 Å². The first-order valence-corrected chi connectivity index (χ1v) is 6.85. The SMILES string of the molecule is O[C@H]1c2c(C(F)(F)F)cn(-c3ccc(F)cc3F)c2CCC1(F)F. The first-order chi connectivity index (χ1) is 11.0. The number of fused-ring (bicyclic) bond motifs is 1. The number of hydrogen-bond acceptors (Lipinski definition) is 1. The van der Waals surface area contributed by atoms with Crippen LogP contribution < -0.4 is 0 Å². The van der Waals surface area contributed by atoms with Gasteiger partial charge in [-0.05, 0) is 18.6 Å². The molecule has 130 valence electrons. The third-order valence-corrected chi connectivity index (χ3v) is 3.99. The summed E-state index contributed by atoms with van der Waals surface area (Å²) in [6.07, 6.45) is -8.59. The summed E-state index contributed by atoms with van der Waals surface area (Å²) in [6, 6.07) is 2.22. The zero-order valence-corrected chi connectivity index (χ0v) is 11.8. The van der Waals surface area contributed by atoms with Gasteiger partial charge in [-0.3, -0.25) is 0 Å². The number of benzene rings is 1.